The molecular weight excluding hydrogens is 513 g/mol. The van der Waals surface area contributed by atoms with Crippen LogP contribution in [0, 0.1) is 0 Å². The number of carbonyl (C=O) groups is 3. The van der Waals surface area contributed by atoms with Gasteiger partial charge in [-0.3, -0.25) is 9.59 Å². The van der Waals surface area contributed by atoms with Crippen molar-refractivity contribution >= 4 is 39.2 Å². The minimum absolute atomic E-state index is 0.0283. The van der Waals surface area contributed by atoms with E-state index in [1.54, 1.807) is 42.5 Å². The van der Waals surface area contributed by atoms with Crippen molar-refractivity contribution in [3.05, 3.63) is 84.1 Å². The number of nitrogens with zero attached hydrogens (tertiary/aromatic N) is 3. The molecule has 13 heteroatoms. The Balaban J connectivity index is 1.51. The van der Waals surface area contributed by atoms with Gasteiger partial charge in [-0.1, -0.05) is 18.2 Å². The van der Waals surface area contributed by atoms with Crippen molar-refractivity contribution < 1.29 is 36.0 Å². The molecule has 192 valence electrons. The Morgan fingerprint density at radius 1 is 1.03 bits per heavy atom. The summed E-state index contributed by atoms with van der Waals surface area (Å²) in [6, 6.07) is 13.3. The van der Waals surface area contributed by atoms with E-state index in [9.17, 15) is 36.0 Å². The van der Waals surface area contributed by atoms with E-state index in [2.05, 4.69) is 10.3 Å². The number of anilines is 2. The van der Waals surface area contributed by atoms with Crippen molar-refractivity contribution in [2.45, 2.75) is 29.9 Å². The molecule has 0 spiro atoms. The van der Waals surface area contributed by atoms with Crippen LogP contribution in [0.15, 0.2) is 77.8 Å². The SMILES string of the molecule is CC1C(=O)N(c2ccc(S(=O)(=O)C(F)(F)F)cc2)C(=O)N1Cc1ccnc(NC(=O)c2ccccc2)c1. The van der Waals surface area contributed by atoms with Crippen molar-refractivity contribution in [2.75, 3.05) is 10.2 Å². The molecule has 1 N–H and O–H groups in total. The van der Waals surface area contributed by atoms with Gasteiger partial charge in [0, 0.05) is 18.3 Å². The minimum atomic E-state index is -5.57. The number of benzene rings is 2. The summed E-state index contributed by atoms with van der Waals surface area (Å²) in [6.45, 7) is 1.46. The van der Waals surface area contributed by atoms with Gasteiger partial charge in [0.15, 0.2) is 0 Å². The number of imide groups is 1. The van der Waals surface area contributed by atoms with Crippen LogP contribution in [-0.4, -0.2) is 47.7 Å². The molecule has 0 saturated carbocycles. The van der Waals surface area contributed by atoms with E-state index < -0.39 is 38.2 Å². The fourth-order valence-electron chi connectivity index (χ4n) is 3.67. The maximum atomic E-state index is 13.1. The van der Waals surface area contributed by atoms with Gasteiger partial charge < -0.3 is 10.2 Å². The normalized spacial score (nSPS) is 16.3. The van der Waals surface area contributed by atoms with Gasteiger partial charge in [0.05, 0.1) is 10.6 Å². The molecule has 1 aromatic heterocycles. The van der Waals surface area contributed by atoms with E-state index in [0.29, 0.717) is 23.3 Å². The number of nitrogens with one attached hydrogen (secondary N) is 1. The van der Waals surface area contributed by atoms with Crippen molar-refractivity contribution in [3.8, 4) is 0 Å². The lowest BCUT2D eigenvalue weighted by molar-refractivity contribution is -0.119. The van der Waals surface area contributed by atoms with Crippen LogP contribution in [0.4, 0.5) is 29.5 Å². The molecule has 2 heterocycles. The number of amides is 4. The van der Waals surface area contributed by atoms with Gasteiger partial charge in [-0.05, 0) is 61.0 Å². The quantitative estimate of drug-likeness (QED) is 0.480. The largest absolute Gasteiger partial charge is 0.501 e. The standard InChI is InChI=1S/C24H19F3N4O5S/c1-15-22(33)31(18-7-9-19(10-8-18)37(35,36)24(25,26)27)23(34)30(15)14-16-11-12-28-20(13-16)29-21(32)17-5-3-2-4-6-17/h2-13,15H,14H2,1H3,(H,28,29,32). The molecule has 4 amide bonds. The molecule has 2 aromatic carbocycles. The van der Waals surface area contributed by atoms with Crippen LogP contribution in [-0.2, 0) is 21.2 Å². The number of alkyl halides is 3. The van der Waals surface area contributed by atoms with Crippen molar-refractivity contribution in [3.63, 3.8) is 0 Å². The average molecular weight is 533 g/mol. The van der Waals surface area contributed by atoms with Gasteiger partial charge >= 0.3 is 11.5 Å². The van der Waals surface area contributed by atoms with Crippen LogP contribution < -0.4 is 10.2 Å². The predicted molar refractivity (Wildman–Crippen MR) is 126 cm³/mol. The summed E-state index contributed by atoms with van der Waals surface area (Å²) in [5.41, 5.74) is -4.58. The third-order valence-corrected chi connectivity index (χ3v) is 7.15. The Labute approximate surface area is 209 Å². The van der Waals surface area contributed by atoms with E-state index in [1.807, 2.05) is 0 Å². The van der Waals surface area contributed by atoms with Crippen LogP contribution >= 0.6 is 0 Å². The highest BCUT2D eigenvalue weighted by Crippen LogP contribution is 2.33. The second-order valence-corrected chi connectivity index (χ2v) is 10.0. The Morgan fingerprint density at radius 2 is 1.68 bits per heavy atom. The highest BCUT2D eigenvalue weighted by atomic mass is 32.2. The number of halogens is 3. The number of rotatable bonds is 6. The fourth-order valence-corrected chi connectivity index (χ4v) is 4.44. The molecular formula is C24H19F3N4O5S. The van der Waals surface area contributed by atoms with Gasteiger partial charge in [0.1, 0.15) is 11.9 Å². The molecule has 1 saturated heterocycles. The van der Waals surface area contributed by atoms with Crippen LogP contribution in [0.5, 0.6) is 0 Å². The monoisotopic (exact) mass is 532 g/mol. The average Bonchev–Trinajstić information content (AvgIpc) is 3.07. The van der Waals surface area contributed by atoms with Gasteiger partial charge in [-0.15, -0.1) is 0 Å². The third-order valence-electron chi connectivity index (χ3n) is 5.65. The first-order valence-corrected chi connectivity index (χ1v) is 12.3. The Hall–Kier alpha value is -4.26. The molecule has 3 aromatic rings. The topological polar surface area (TPSA) is 117 Å². The Kier molecular flexibility index (Phi) is 6.74. The summed E-state index contributed by atoms with van der Waals surface area (Å²) >= 11 is 0. The molecule has 1 fully saturated rings. The molecule has 1 aliphatic heterocycles. The van der Waals surface area contributed by atoms with Crippen molar-refractivity contribution in [2.24, 2.45) is 0 Å². The molecule has 4 rings (SSSR count). The maximum absolute atomic E-state index is 13.1. The van der Waals surface area contributed by atoms with Crippen LogP contribution in [0.2, 0.25) is 0 Å². The first-order valence-electron chi connectivity index (χ1n) is 10.8. The second kappa shape index (κ2) is 9.65. The minimum Gasteiger partial charge on any atom is -0.308 e. The van der Waals surface area contributed by atoms with E-state index in [4.69, 9.17) is 0 Å². The molecule has 9 nitrogen and oxygen atoms in total. The summed E-state index contributed by atoms with van der Waals surface area (Å²) in [4.78, 5) is 43.4. The molecule has 37 heavy (non-hydrogen) atoms. The summed E-state index contributed by atoms with van der Waals surface area (Å²) < 4.78 is 61.6. The number of hydrogen-bond acceptors (Lipinski definition) is 6. The van der Waals surface area contributed by atoms with Gasteiger partial charge in [-0.25, -0.2) is 23.1 Å². The zero-order valence-corrected chi connectivity index (χ0v) is 20.0. The maximum Gasteiger partial charge on any atom is 0.501 e. The van der Waals surface area contributed by atoms with E-state index in [1.165, 1.54) is 18.0 Å². The second-order valence-electron chi connectivity index (χ2n) is 8.07. The van der Waals surface area contributed by atoms with Crippen molar-refractivity contribution in [1.29, 1.82) is 0 Å². The number of carbonyl (C=O) groups excluding carboxylic acids is 3. The zero-order chi connectivity index (χ0) is 27.0. The smallest absolute Gasteiger partial charge is 0.308 e. The fraction of sp³-hybridized carbons (Fsp3) is 0.167. The Morgan fingerprint density at radius 3 is 2.30 bits per heavy atom. The molecule has 0 aliphatic carbocycles. The van der Waals surface area contributed by atoms with Gasteiger partial charge in [0.25, 0.3) is 21.7 Å². The van der Waals surface area contributed by atoms with Crippen molar-refractivity contribution in [1.82, 2.24) is 9.88 Å². The lowest BCUT2D eigenvalue weighted by atomic mass is 10.2. The summed E-state index contributed by atoms with van der Waals surface area (Å²) in [5.74, 6) is -0.786. The summed E-state index contributed by atoms with van der Waals surface area (Å²) in [6.07, 6.45) is 1.43. The molecule has 0 radical (unpaired) electrons. The van der Waals surface area contributed by atoms with E-state index in [0.717, 1.165) is 17.0 Å². The van der Waals surface area contributed by atoms with Crippen LogP contribution in [0.25, 0.3) is 0 Å². The molecule has 1 atom stereocenters. The number of hydrogen-bond donors (Lipinski definition) is 1. The highest BCUT2D eigenvalue weighted by molar-refractivity contribution is 7.92. The first kappa shape index (κ1) is 25.8. The Bertz CT molecular complexity index is 1460. The molecule has 0 bridgehead atoms. The van der Waals surface area contributed by atoms with E-state index in [-0.39, 0.29) is 24.0 Å². The lowest BCUT2D eigenvalue weighted by Crippen LogP contribution is -2.33. The molecule has 1 unspecified atom stereocenters. The third kappa shape index (κ3) is 5.03. The van der Waals surface area contributed by atoms with Crippen LogP contribution in [0.1, 0.15) is 22.8 Å². The molecule has 1 aliphatic rings. The van der Waals surface area contributed by atoms with Crippen LogP contribution in [0.3, 0.4) is 0 Å². The number of aromatic nitrogens is 1. The summed E-state index contributed by atoms with van der Waals surface area (Å²) in [5, 5.41) is 2.66. The summed E-state index contributed by atoms with van der Waals surface area (Å²) in [7, 11) is -5.57. The first-order chi connectivity index (χ1) is 17.4. The lowest BCUT2D eigenvalue weighted by Gasteiger charge is -2.20. The van der Waals surface area contributed by atoms with Gasteiger partial charge in [-0.2, -0.15) is 13.2 Å². The highest BCUT2D eigenvalue weighted by Gasteiger charge is 2.47. The number of pyridine rings is 1. The van der Waals surface area contributed by atoms with Gasteiger partial charge in [0.2, 0.25) is 0 Å². The predicted octanol–water partition coefficient (Wildman–Crippen LogP) is 3.98. The zero-order valence-electron chi connectivity index (χ0n) is 19.1. The number of urea groups is 1. The number of sulfone groups is 1. The van der Waals surface area contributed by atoms with E-state index >= 15 is 0 Å².